The van der Waals surface area contributed by atoms with Crippen molar-refractivity contribution >= 4 is 5.78 Å². The second-order valence-electron chi connectivity index (χ2n) is 10.0. The number of carbonyl (C=O) groups excluding carboxylic acids is 1. The van der Waals surface area contributed by atoms with Gasteiger partial charge in [0.1, 0.15) is 5.78 Å². The van der Waals surface area contributed by atoms with Gasteiger partial charge in [-0.2, -0.15) is 0 Å². The smallest absolute Gasteiger partial charge is 0.169 e. The molecule has 0 aromatic rings. The van der Waals surface area contributed by atoms with Crippen LogP contribution in [0.25, 0.3) is 0 Å². The van der Waals surface area contributed by atoms with Gasteiger partial charge >= 0.3 is 0 Å². The van der Waals surface area contributed by atoms with E-state index in [4.69, 9.17) is 9.47 Å². The Morgan fingerprint density at radius 2 is 1.75 bits per heavy atom. The van der Waals surface area contributed by atoms with Gasteiger partial charge in [0, 0.05) is 25.2 Å². The first-order valence-electron chi connectivity index (χ1n) is 10.3. The third-order valence-electron chi connectivity index (χ3n) is 9.06. The second-order valence-corrected chi connectivity index (χ2v) is 10.0. The summed E-state index contributed by atoms with van der Waals surface area (Å²) >= 11 is 0. The SMILES string of the molecule is CC12CCCC1C1CC(=O)C3CC4(CCC3(C)C1CC2)OCCO4. The van der Waals surface area contributed by atoms with Crippen LogP contribution in [0.5, 0.6) is 0 Å². The lowest BCUT2D eigenvalue weighted by Gasteiger charge is -2.60. The summed E-state index contributed by atoms with van der Waals surface area (Å²) in [6.07, 6.45) is 10.6. The lowest BCUT2D eigenvalue weighted by molar-refractivity contribution is -0.225. The summed E-state index contributed by atoms with van der Waals surface area (Å²) in [5.74, 6) is 2.45. The number of fused-ring (bicyclic) bond motifs is 5. The summed E-state index contributed by atoms with van der Waals surface area (Å²) in [6.45, 7) is 6.34. The molecule has 5 aliphatic rings. The molecule has 5 rings (SSSR count). The van der Waals surface area contributed by atoms with Crippen molar-refractivity contribution in [2.75, 3.05) is 13.2 Å². The summed E-state index contributed by atoms with van der Waals surface area (Å²) < 4.78 is 11.9. The molecule has 1 saturated heterocycles. The van der Waals surface area contributed by atoms with Crippen LogP contribution in [0.3, 0.4) is 0 Å². The van der Waals surface area contributed by atoms with E-state index in [-0.39, 0.29) is 11.3 Å². The molecule has 0 amide bonds. The molecule has 4 saturated carbocycles. The number of Topliss-reactive ketones (excluding diaryl/α,β-unsaturated/α-hetero) is 1. The summed E-state index contributed by atoms with van der Waals surface area (Å²) in [7, 11) is 0. The Labute approximate surface area is 145 Å². The highest BCUT2D eigenvalue weighted by atomic mass is 16.7. The monoisotopic (exact) mass is 332 g/mol. The quantitative estimate of drug-likeness (QED) is 0.662. The zero-order valence-corrected chi connectivity index (χ0v) is 15.3. The van der Waals surface area contributed by atoms with Crippen molar-refractivity contribution in [3.63, 3.8) is 0 Å². The van der Waals surface area contributed by atoms with Crippen LogP contribution in [-0.2, 0) is 14.3 Å². The van der Waals surface area contributed by atoms with Gasteiger partial charge < -0.3 is 9.47 Å². The fourth-order valence-electron chi connectivity index (χ4n) is 7.72. The fraction of sp³-hybridized carbons (Fsp3) is 0.952. The highest BCUT2D eigenvalue weighted by Gasteiger charge is 2.62. The number of ketones is 1. The maximum atomic E-state index is 13.2. The van der Waals surface area contributed by atoms with Crippen LogP contribution in [0, 0.1) is 34.5 Å². The molecule has 6 unspecified atom stereocenters. The van der Waals surface area contributed by atoms with Crippen molar-refractivity contribution in [1.82, 2.24) is 0 Å². The van der Waals surface area contributed by atoms with Gasteiger partial charge in [0.05, 0.1) is 13.2 Å². The molecule has 3 nitrogen and oxygen atoms in total. The predicted octanol–water partition coefficient (Wildman–Crippen LogP) is 4.34. The van der Waals surface area contributed by atoms with E-state index < -0.39 is 5.79 Å². The maximum Gasteiger partial charge on any atom is 0.169 e. The number of carbonyl (C=O) groups is 1. The van der Waals surface area contributed by atoms with Crippen LogP contribution >= 0.6 is 0 Å². The van der Waals surface area contributed by atoms with Gasteiger partial charge in [-0.05, 0) is 60.7 Å². The van der Waals surface area contributed by atoms with E-state index in [9.17, 15) is 4.79 Å². The third kappa shape index (κ3) is 2.00. The largest absolute Gasteiger partial charge is 0.348 e. The molecular formula is C21H32O3. The molecule has 0 bridgehead atoms. The van der Waals surface area contributed by atoms with Crippen LogP contribution in [0.1, 0.15) is 71.6 Å². The van der Waals surface area contributed by atoms with Crippen molar-refractivity contribution in [3.8, 4) is 0 Å². The standard InChI is InChI=1S/C21H32O3/c1-19-6-3-4-15(19)14-12-18(22)17-13-21(23-10-11-24-21)9-8-20(17,2)16(14)5-7-19/h14-17H,3-13H2,1-2H3. The van der Waals surface area contributed by atoms with Crippen LogP contribution < -0.4 is 0 Å². The van der Waals surface area contributed by atoms with Crippen LogP contribution in [0.2, 0.25) is 0 Å². The molecule has 4 aliphatic carbocycles. The average Bonchev–Trinajstić information content (AvgIpc) is 3.16. The molecule has 6 atom stereocenters. The number of hydrogen-bond donors (Lipinski definition) is 0. The lowest BCUT2D eigenvalue weighted by Crippen LogP contribution is -2.58. The van der Waals surface area contributed by atoms with Crippen molar-refractivity contribution < 1.29 is 14.3 Å². The lowest BCUT2D eigenvalue weighted by atomic mass is 9.44. The number of rotatable bonds is 0. The highest BCUT2D eigenvalue weighted by Crippen LogP contribution is 2.66. The Kier molecular flexibility index (Phi) is 3.34. The minimum Gasteiger partial charge on any atom is -0.348 e. The molecule has 0 aromatic carbocycles. The average molecular weight is 332 g/mol. The second kappa shape index (κ2) is 5.07. The van der Waals surface area contributed by atoms with E-state index in [2.05, 4.69) is 13.8 Å². The highest BCUT2D eigenvalue weighted by molar-refractivity contribution is 5.83. The van der Waals surface area contributed by atoms with E-state index in [1.807, 2.05) is 0 Å². The van der Waals surface area contributed by atoms with Gasteiger partial charge in [0.25, 0.3) is 0 Å². The first kappa shape index (κ1) is 15.8. The zero-order valence-electron chi connectivity index (χ0n) is 15.3. The molecule has 3 heteroatoms. The minimum atomic E-state index is -0.427. The molecule has 24 heavy (non-hydrogen) atoms. The molecular weight excluding hydrogens is 300 g/mol. The Balaban J connectivity index is 1.46. The van der Waals surface area contributed by atoms with Crippen LogP contribution in [-0.4, -0.2) is 24.8 Å². The summed E-state index contributed by atoms with van der Waals surface area (Å²) in [5, 5.41) is 0. The summed E-state index contributed by atoms with van der Waals surface area (Å²) in [4.78, 5) is 13.2. The molecule has 1 aliphatic heterocycles. The van der Waals surface area contributed by atoms with Crippen molar-refractivity contribution in [3.05, 3.63) is 0 Å². The molecule has 0 aromatic heterocycles. The van der Waals surface area contributed by atoms with Gasteiger partial charge in [-0.3, -0.25) is 4.79 Å². The normalized spacial score (nSPS) is 52.8. The van der Waals surface area contributed by atoms with Gasteiger partial charge in [-0.1, -0.05) is 20.3 Å². The van der Waals surface area contributed by atoms with Gasteiger partial charge in [0.2, 0.25) is 0 Å². The van der Waals surface area contributed by atoms with Crippen LogP contribution in [0.15, 0.2) is 0 Å². The molecule has 1 spiro atoms. The van der Waals surface area contributed by atoms with Crippen molar-refractivity contribution in [2.24, 2.45) is 34.5 Å². The van der Waals surface area contributed by atoms with E-state index in [1.165, 1.54) is 32.1 Å². The van der Waals surface area contributed by atoms with Crippen molar-refractivity contribution in [1.29, 1.82) is 0 Å². The molecule has 0 radical (unpaired) electrons. The zero-order chi connectivity index (χ0) is 16.6. The molecule has 134 valence electrons. The summed E-state index contributed by atoms with van der Waals surface area (Å²) in [5.41, 5.74) is 0.711. The Morgan fingerprint density at radius 3 is 2.54 bits per heavy atom. The number of hydrogen-bond acceptors (Lipinski definition) is 3. The van der Waals surface area contributed by atoms with Gasteiger partial charge in [-0.15, -0.1) is 0 Å². The number of ether oxygens (including phenoxy) is 2. The van der Waals surface area contributed by atoms with Gasteiger partial charge in [0.15, 0.2) is 5.79 Å². The Hall–Kier alpha value is -0.410. The molecule has 1 heterocycles. The Bertz CT molecular complexity index is 551. The first-order valence-corrected chi connectivity index (χ1v) is 10.3. The molecule has 5 fully saturated rings. The predicted molar refractivity (Wildman–Crippen MR) is 91.4 cm³/mol. The third-order valence-corrected chi connectivity index (χ3v) is 9.06. The fourth-order valence-corrected chi connectivity index (χ4v) is 7.72. The van der Waals surface area contributed by atoms with Crippen LogP contribution in [0.4, 0.5) is 0 Å². The first-order chi connectivity index (χ1) is 11.5. The Morgan fingerprint density at radius 1 is 0.958 bits per heavy atom. The van der Waals surface area contributed by atoms with E-state index in [0.717, 1.165) is 37.5 Å². The van der Waals surface area contributed by atoms with E-state index in [1.54, 1.807) is 0 Å². The van der Waals surface area contributed by atoms with E-state index >= 15 is 0 Å². The molecule has 0 N–H and O–H groups in total. The minimum absolute atomic E-state index is 0.163. The van der Waals surface area contributed by atoms with Gasteiger partial charge in [-0.25, -0.2) is 0 Å². The van der Waals surface area contributed by atoms with Crippen molar-refractivity contribution in [2.45, 2.75) is 77.4 Å². The topological polar surface area (TPSA) is 35.5 Å². The maximum absolute atomic E-state index is 13.2. The van der Waals surface area contributed by atoms with E-state index in [0.29, 0.717) is 30.3 Å². The summed E-state index contributed by atoms with van der Waals surface area (Å²) in [6, 6.07) is 0.